The van der Waals surface area contributed by atoms with E-state index in [4.69, 9.17) is 18.0 Å². The zero-order valence-electron chi connectivity index (χ0n) is 10.6. The highest BCUT2D eigenvalue weighted by atomic mass is 32.1. The first-order valence-corrected chi connectivity index (χ1v) is 6.68. The van der Waals surface area contributed by atoms with Crippen LogP contribution in [0, 0.1) is 12.8 Å². The van der Waals surface area contributed by atoms with Crippen LogP contribution in [0.2, 0.25) is 0 Å². The van der Waals surface area contributed by atoms with Gasteiger partial charge in [-0.05, 0) is 44.7 Å². The van der Waals surface area contributed by atoms with Crippen molar-refractivity contribution < 1.29 is 0 Å². The third-order valence-electron chi connectivity index (χ3n) is 3.32. The van der Waals surface area contributed by atoms with Crippen LogP contribution in [0.15, 0.2) is 18.2 Å². The molecule has 2 nitrogen and oxygen atoms in total. The molecule has 0 heterocycles. The molecule has 0 unspecified atom stereocenters. The van der Waals surface area contributed by atoms with Gasteiger partial charge in [0.25, 0.3) is 0 Å². The van der Waals surface area contributed by atoms with E-state index in [9.17, 15) is 0 Å². The summed E-state index contributed by atoms with van der Waals surface area (Å²) in [5.41, 5.74) is 9.24. The maximum absolute atomic E-state index is 5.83. The van der Waals surface area contributed by atoms with Crippen molar-refractivity contribution in [3.05, 3.63) is 29.3 Å². The highest BCUT2D eigenvalue weighted by Crippen LogP contribution is 2.32. The summed E-state index contributed by atoms with van der Waals surface area (Å²) in [5.74, 6) is 0.871. The van der Waals surface area contributed by atoms with Gasteiger partial charge in [-0.3, -0.25) is 0 Å². The molecule has 0 spiro atoms. The molecule has 1 aliphatic carbocycles. The van der Waals surface area contributed by atoms with Crippen molar-refractivity contribution in [2.45, 2.75) is 26.7 Å². The molecule has 0 atom stereocenters. The van der Waals surface area contributed by atoms with Gasteiger partial charge in [-0.2, -0.15) is 0 Å². The molecule has 2 rings (SSSR count). The van der Waals surface area contributed by atoms with Crippen molar-refractivity contribution in [1.29, 1.82) is 0 Å². The van der Waals surface area contributed by atoms with Crippen LogP contribution < -0.4 is 10.6 Å². The van der Waals surface area contributed by atoms with Crippen LogP contribution in [0.1, 0.15) is 30.9 Å². The van der Waals surface area contributed by atoms with Crippen molar-refractivity contribution in [3.8, 4) is 0 Å². The van der Waals surface area contributed by atoms with Gasteiger partial charge in [0.15, 0.2) is 0 Å². The molecule has 92 valence electrons. The number of benzene rings is 1. The zero-order valence-corrected chi connectivity index (χ0v) is 11.4. The molecule has 3 heteroatoms. The van der Waals surface area contributed by atoms with Gasteiger partial charge in [-0.25, -0.2) is 0 Å². The second-order valence-corrected chi connectivity index (χ2v) is 5.31. The number of hydrogen-bond donors (Lipinski definition) is 1. The second kappa shape index (κ2) is 5.05. The number of nitrogens with zero attached hydrogens (tertiary/aromatic N) is 1. The Morgan fingerprint density at radius 3 is 2.71 bits per heavy atom. The molecule has 1 aliphatic rings. The minimum atomic E-state index is 0.498. The lowest BCUT2D eigenvalue weighted by Crippen LogP contribution is -2.28. The molecule has 0 aromatic heterocycles. The SMILES string of the molecule is CCN(CC1CC1)c1ccc(C)cc1C(N)=S. The number of aryl methyl sites for hydroxylation is 1. The van der Waals surface area contributed by atoms with E-state index in [1.54, 1.807) is 0 Å². The number of nitrogens with two attached hydrogens (primary N) is 1. The van der Waals surface area contributed by atoms with Crippen LogP contribution in [0.4, 0.5) is 5.69 Å². The molecule has 1 aromatic carbocycles. The average molecular weight is 248 g/mol. The topological polar surface area (TPSA) is 29.3 Å². The first-order valence-electron chi connectivity index (χ1n) is 6.27. The van der Waals surface area contributed by atoms with Gasteiger partial charge in [0.2, 0.25) is 0 Å². The number of thiocarbonyl (C=S) groups is 1. The Morgan fingerprint density at radius 1 is 1.47 bits per heavy atom. The standard InChI is InChI=1S/C14H20N2S/c1-3-16(9-11-5-6-11)13-7-4-10(2)8-12(13)14(15)17/h4,7-8,11H,3,5-6,9H2,1-2H3,(H2,15,17). The third-order valence-corrected chi connectivity index (χ3v) is 3.54. The maximum Gasteiger partial charge on any atom is 0.106 e. The van der Waals surface area contributed by atoms with Crippen LogP contribution in [0.5, 0.6) is 0 Å². The monoisotopic (exact) mass is 248 g/mol. The Hall–Kier alpha value is -1.09. The lowest BCUT2D eigenvalue weighted by Gasteiger charge is -2.25. The fraction of sp³-hybridized carbons (Fsp3) is 0.500. The van der Waals surface area contributed by atoms with Crippen LogP contribution in [-0.4, -0.2) is 18.1 Å². The Labute approximate surface area is 109 Å². The summed E-state index contributed by atoms with van der Waals surface area (Å²) in [5, 5.41) is 0. The molecule has 0 bridgehead atoms. The number of hydrogen-bond acceptors (Lipinski definition) is 2. The largest absolute Gasteiger partial charge is 0.389 e. The normalized spacial score (nSPS) is 14.7. The summed E-state index contributed by atoms with van der Waals surface area (Å²) in [6.07, 6.45) is 2.73. The molecule has 17 heavy (non-hydrogen) atoms. The quantitative estimate of drug-likeness (QED) is 0.812. The Balaban J connectivity index is 2.30. The van der Waals surface area contributed by atoms with Gasteiger partial charge in [0.05, 0.1) is 0 Å². The lowest BCUT2D eigenvalue weighted by atomic mass is 10.1. The minimum absolute atomic E-state index is 0.498. The van der Waals surface area contributed by atoms with Crippen molar-refractivity contribution in [2.75, 3.05) is 18.0 Å². The Bertz CT molecular complexity index is 424. The van der Waals surface area contributed by atoms with Gasteiger partial charge in [0, 0.05) is 24.3 Å². The van der Waals surface area contributed by atoms with Crippen molar-refractivity contribution in [1.82, 2.24) is 0 Å². The van der Waals surface area contributed by atoms with E-state index >= 15 is 0 Å². The molecule has 1 fully saturated rings. The summed E-state index contributed by atoms with van der Waals surface area (Å²) >= 11 is 5.16. The summed E-state index contributed by atoms with van der Waals surface area (Å²) in [6.45, 7) is 6.40. The van der Waals surface area contributed by atoms with Gasteiger partial charge in [0.1, 0.15) is 4.99 Å². The summed E-state index contributed by atoms with van der Waals surface area (Å²) < 4.78 is 0. The Kier molecular flexibility index (Phi) is 3.67. The van der Waals surface area contributed by atoms with E-state index < -0.39 is 0 Å². The van der Waals surface area contributed by atoms with E-state index in [0.717, 1.165) is 24.6 Å². The number of anilines is 1. The molecule has 0 amide bonds. The zero-order chi connectivity index (χ0) is 12.4. The maximum atomic E-state index is 5.83. The van der Waals surface area contributed by atoms with E-state index in [1.165, 1.54) is 24.1 Å². The van der Waals surface area contributed by atoms with Gasteiger partial charge >= 0.3 is 0 Å². The fourth-order valence-corrected chi connectivity index (χ4v) is 2.30. The van der Waals surface area contributed by atoms with E-state index in [1.807, 2.05) is 0 Å². The molecule has 1 aromatic rings. The van der Waals surface area contributed by atoms with Gasteiger partial charge in [-0.1, -0.05) is 23.8 Å². The lowest BCUT2D eigenvalue weighted by molar-refractivity contribution is 0.741. The molecule has 0 radical (unpaired) electrons. The molecule has 0 saturated heterocycles. The predicted molar refractivity (Wildman–Crippen MR) is 77.7 cm³/mol. The summed E-state index contributed by atoms with van der Waals surface area (Å²) in [4.78, 5) is 2.89. The van der Waals surface area contributed by atoms with Gasteiger partial charge in [-0.15, -0.1) is 0 Å². The van der Waals surface area contributed by atoms with Crippen LogP contribution in [0.25, 0.3) is 0 Å². The highest BCUT2D eigenvalue weighted by Gasteiger charge is 2.25. The first-order chi connectivity index (χ1) is 8.11. The first kappa shape index (κ1) is 12.4. The van der Waals surface area contributed by atoms with E-state index in [0.29, 0.717) is 4.99 Å². The molecular weight excluding hydrogens is 228 g/mol. The van der Waals surface area contributed by atoms with E-state index in [-0.39, 0.29) is 0 Å². The minimum Gasteiger partial charge on any atom is -0.389 e. The predicted octanol–water partition coefficient (Wildman–Crippen LogP) is 2.87. The van der Waals surface area contributed by atoms with Crippen molar-refractivity contribution >= 4 is 22.9 Å². The molecule has 2 N–H and O–H groups in total. The smallest absolute Gasteiger partial charge is 0.106 e. The number of rotatable bonds is 5. The second-order valence-electron chi connectivity index (χ2n) is 4.87. The van der Waals surface area contributed by atoms with Crippen molar-refractivity contribution in [2.24, 2.45) is 11.7 Å². The van der Waals surface area contributed by atoms with Crippen molar-refractivity contribution in [3.63, 3.8) is 0 Å². The van der Waals surface area contributed by atoms with Crippen LogP contribution >= 0.6 is 12.2 Å². The summed E-state index contributed by atoms with van der Waals surface area (Å²) in [6, 6.07) is 6.37. The van der Waals surface area contributed by atoms with Crippen LogP contribution in [0.3, 0.4) is 0 Å². The van der Waals surface area contributed by atoms with Crippen LogP contribution in [-0.2, 0) is 0 Å². The van der Waals surface area contributed by atoms with Gasteiger partial charge < -0.3 is 10.6 Å². The Morgan fingerprint density at radius 2 is 2.18 bits per heavy atom. The summed E-state index contributed by atoms with van der Waals surface area (Å²) in [7, 11) is 0. The average Bonchev–Trinajstić information content (AvgIpc) is 3.10. The third kappa shape index (κ3) is 2.97. The molecule has 1 saturated carbocycles. The molecular formula is C14H20N2S. The fourth-order valence-electron chi connectivity index (χ4n) is 2.13. The molecule has 0 aliphatic heterocycles. The highest BCUT2D eigenvalue weighted by molar-refractivity contribution is 7.80. The van der Waals surface area contributed by atoms with E-state index in [2.05, 4.69) is 36.9 Å².